The van der Waals surface area contributed by atoms with Gasteiger partial charge < -0.3 is 14.8 Å². The maximum atomic E-state index is 11.9. The van der Waals surface area contributed by atoms with Crippen molar-refractivity contribution < 1.29 is 4.79 Å². The molecule has 1 N–H and O–H groups in total. The third-order valence-corrected chi connectivity index (χ3v) is 4.22. The quantitative estimate of drug-likeness (QED) is 0.796. The van der Waals surface area contributed by atoms with Crippen LogP contribution in [0.25, 0.3) is 0 Å². The largest absolute Gasteiger partial charge is 0.356 e. The van der Waals surface area contributed by atoms with Crippen molar-refractivity contribution in [3.8, 4) is 0 Å². The Morgan fingerprint density at radius 1 is 1.50 bits per heavy atom. The van der Waals surface area contributed by atoms with Crippen LogP contribution < -0.4 is 5.32 Å². The highest BCUT2D eigenvalue weighted by molar-refractivity contribution is 8.16. The number of carbonyl (C=O) groups is 1. The molecule has 0 bridgehead atoms. The number of imidazole rings is 1. The van der Waals surface area contributed by atoms with Crippen molar-refractivity contribution in [3.63, 3.8) is 0 Å². The SMILES string of the molecule is O=C(CC1=CSC2=NCCN12)NCCCn1ccnc1. The second kappa shape index (κ2) is 6.13. The second-order valence-electron chi connectivity index (χ2n) is 4.72. The smallest absolute Gasteiger partial charge is 0.225 e. The summed E-state index contributed by atoms with van der Waals surface area (Å²) in [7, 11) is 0. The van der Waals surface area contributed by atoms with Crippen LogP contribution >= 0.6 is 11.8 Å². The Bertz CT molecular complexity index is 537. The van der Waals surface area contributed by atoms with Gasteiger partial charge in [0.1, 0.15) is 0 Å². The zero-order chi connectivity index (χ0) is 13.8. The number of amidine groups is 1. The van der Waals surface area contributed by atoms with Crippen molar-refractivity contribution in [1.29, 1.82) is 0 Å². The molecule has 1 amide bonds. The fourth-order valence-corrected chi connectivity index (χ4v) is 3.20. The van der Waals surface area contributed by atoms with E-state index < -0.39 is 0 Å². The Morgan fingerprint density at radius 2 is 2.45 bits per heavy atom. The topological polar surface area (TPSA) is 62.5 Å². The van der Waals surface area contributed by atoms with E-state index in [0.717, 1.165) is 36.9 Å². The van der Waals surface area contributed by atoms with E-state index in [4.69, 9.17) is 0 Å². The number of fused-ring (bicyclic) bond motifs is 1. The molecule has 2 aliphatic rings. The van der Waals surface area contributed by atoms with Gasteiger partial charge in [-0.1, -0.05) is 11.8 Å². The highest BCUT2D eigenvalue weighted by Gasteiger charge is 2.27. The molecule has 0 saturated heterocycles. The normalized spacial score (nSPS) is 16.9. The van der Waals surface area contributed by atoms with Crippen LogP contribution in [-0.2, 0) is 11.3 Å². The lowest BCUT2D eigenvalue weighted by Crippen LogP contribution is -2.29. The van der Waals surface area contributed by atoms with Gasteiger partial charge >= 0.3 is 0 Å². The van der Waals surface area contributed by atoms with Crippen molar-refractivity contribution in [1.82, 2.24) is 19.8 Å². The van der Waals surface area contributed by atoms with E-state index in [1.165, 1.54) is 0 Å². The number of aliphatic imine (C=N–C) groups is 1. The van der Waals surface area contributed by atoms with Crippen LogP contribution in [0.15, 0.2) is 34.8 Å². The van der Waals surface area contributed by atoms with Gasteiger partial charge in [-0.15, -0.1) is 0 Å². The second-order valence-corrected chi connectivity index (χ2v) is 5.56. The molecule has 0 aromatic carbocycles. The lowest BCUT2D eigenvalue weighted by atomic mass is 10.3. The number of hydrogen-bond donors (Lipinski definition) is 1. The van der Waals surface area contributed by atoms with Crippen LogP contribution in [0.4, 0.5) is 0 Å². The van der Waals surface area contributed by atoms with E-state index in [-0.39, 0.29) is 5.91 Å². The molecule has 106 valence electrons. The maximum Gasteiger partial charge on any atom is 0.225 e. The van der Waals surface area contributed by atoms with Gasteiger partial charge in [-0.25, -0.2) is 4.98 Å². The average molecular weight is 291 g/mol. The number of aryl methyl sites for hydroxylation is 1. The summed E-state index contributed by atoms with van der Waals surface area (Å²) in [4.78, 5) is 22.4. The highest BCUT2D eigenvalue weighted by Crippen LogP contribution is 2.30. The molecule has 1 aromatic heterocycles. The van der Waals surface area contributed by atoms with Crippen LogP contribution in [0.1, 0.15) is 12.8 Å². The predicted molar refractivity (Wildman–Crippen MR) is 79.2 cm³/mol. The number of nitrogens with zero attached hydrogens (tertiary/aromatic N) is 4. The first-order valence-corrected chi connectivity index (χ1v) is 7.61. The molecule has 7 heteroatoms. The summed E-state index contributed by atoms with van der Waals surface area (Å²) in [5.74, 6) is 0.0793. The maximum absolute atomic E-state index is 11.9. The summed E-state index contributed by atoms with van der Waals surface area (Å²) >= 11 is 1.61. The van der Waals surface area contributed by atoms with E-state index >= 15 is 0 Å². The minimum atomic E-state index is 0.0793. The van der Waals surface area contributed by atoms with Crippen molar-refractivity contribution in [2.75, 3.05) is 19.6 Å². The van der Waals surface area contributed by atoms with Gasteiger partial charge in [0.2, 0.25) is 5.91 Å². The number of hydrogen-bond acceptors (Lipinski definition) is 5. The summed E-state index contributed by atoms with van der Waals surface area (Å²) in [6.07, 6.45) is 6.83. The summed E-state index contributed by atoms with van der Waals surface area (Å²) < 4.78 is 2.01. The third kappa shape index (κ3) is 3.04. The first-order chi connectivity index (χ1) is 9.83. The molecule has 0 saturated carbocycles. The molecule has 1 aromatic rings. The van der Waals surface area contributed by atoms with E-state index in [1.807, 2.05) is 16.2 Å². The summed E-state index contributed by atoms with van der Waals surface area (Å²) in [6.45, 7) is 3.31. The van der Waals surface area contributed by atoms with E-state index in [0.29, 0.717) is 13.0 Å². The van der Waals surface area contributed by atoms with Gasteiger partial charge in [0.25, 0.3) is 0 Å². The number of carbonyl (C=O) groups excluding carboxylic acids is 1. The van der Waals surface area contributed by atoms with Crippen LogP contribution in [0.3, 0.4) is 0 Å². The van der Waals surface area contributed by atoms with Crippen molar-refractivity contribution in [2.24, 2.45) is 4.99 Å². The Morgan fingerprint density at radius 3 is 3.30 bits per heavy atom. The van der Waals surface area contributed by atoms with Gasteiger partial charge in [0.05, 0.1) is 19.3 Å². The number of nitrogens with one attached hydrogen (secondary N) is 1. The zero-order valence-electron chi connectivity index (χ0n) is 11.2. The molecular weight excluding hydrogens is 274 g/mol. The molecule has 0 aliphatic carbocycles. The predicted octanol–water partition coefficient (Wildman–Crippen LogP) is 1.04. The molecule has 0 spiro atoms. The molecule has 3 heterocycles. The summed E-state index contributed by atoms with van der Waals surface area (Å²) in [5.41, 5.74) is 1.07. The minimum absolute atomic E-state index is 0.0793. The molecule has 2 aliphatic heterocycles. The monoisotopic (exact) mass is 291 g/mol. The lowest BCUT2D eigenvalue weighted by molar-refractivity contribution is -0.120. The first-order valence-electron chi connectivity index (χ1n) is 6.73. The molecule has 20 heavy (non-hydrogen) atoms. The molecule has 0 radical (unpaired) electrons. The fraction of sp³-hybridized carbons (Fsp3) is 0.462. The van der Waals surface area contributed by atoms with E-state index in [1.54, 1.807) is 24.3 Å². The Balaban J connectivity index is 1.36. The van der Waals surface area contributed by atoms with Crippen LogP contribution in [0, 0.1) is 0 Å². The van der Waals surface area contributed by atoms with Crippen molar-refractivity contribution in [3.05, 3.63) is 29.8 Å². The number of rotatable bonds is 6. The standard InChI is InChI=1S/C13H17N5OS/c19-12(15-2-1-5-17-6-3-14-10-17)8-11-9-20-13-16-4-7-18(11)13/h3,6,9-10H,1-2,4-5,7-8H2,(H,15,19). The molecule has 0 unspecified atom stereocenters. The van der Waals surface area contributed by atoms with Gasteiger partial charge in [-0.2, -0.15) is 0 Å². The van der Waals surface area contributed by atoms with Crippen molar-refractivity contribution >= 4 is 22.8 Å². The minimum Gasteiger partial charge on any atom is -0.356 e. The lowest BCUT2D eigenvalue weighted by Gasteiger charge is -2.16. The van der Waals surface area contributed by atoms with Crippen LogP contribution in [-0.4, -0.2) is 45.2 Å². The molecular formula is C13H17N5OS. The van der Waals surface area contributed by atoms with Gasteiger partial charge in [0, 0.05) is 37.7 Å². The summed E-state index contributed by atoms with van der Waals surface area (Å²) in [5, 5.41) is 6.03. The fourth-order valence-electron chi connectivity index (χ4n) is 2.25. The van der Waals surface area contributed by atoms with Gasteiger partial charge in [-0.3, -0.25) is 9.79 Å². The molecule has 0 fully saturated rings. The average Bonchev–Trinajstić information content (AvgIpc) is 3.14. The Hall–Kier alpha value is -1.76. The number of amides is 1. The van der Waals surface area contributed by atoms with E-state index in [2.05, 4.69) is 20.2 Å². The zero-order valence-corrected chi connectivity index (χ0v) is 12.0. The van der Waals surface area contributed by atoms with Crippen LogP contribution in [0.2, 0.25) is 0 Å². The van der Waals surface area contributed by atoms with Crippen molar-refractivity contribution in [2.45, 2.75) is 19.4 Å². The molecule has 6 nitrogen and oxygen atoms in total. The van der Waals surface area contributed by atoms with Crippen LogP contribution in [0.5, 0.6) is 0 Å². The number of thioether (sulfide) groups is 1. The van der Waals surface area contributed by atoms with Gasteiger partial charge in [-0.05, 0) is 11.8 Å². The van der Waals surface area contributed by atoms with E-state index in [9.17, 15) is 4.79 Å². The van der Waals surface area contributed by atoms with Gasteiger partial charge in [0.15, 0.2) is 5.17 Å². The first kappa shape index (κ1) is 13.2. The Labute approximate surface area is 122 Å². The Kier molecular flexibility index (Phi) is 4.05. The number of aromatic nitrogens is 2. The third-order valence-electron chi connectivity index (χ3n) is 3.26. The highest BCUT2D eigenvalue weighted by atomic mass is 32.2. The summed E-state index contributed by atoms with van der Waals surface area (Å²) in [6, 6.07) is 0. The molecule has 3 rings (SSSR count). The molecule has 0 atom stereocenters.